The molecule has 1 saturated heterocycles. The van der Waals surface area contributed by atoms with Crippen molar-refractivity contribution in [2.24, 2.45) is 0 Å². The smallest absolute Gasteiger partial charge is 0.315 e. The first-order valence-electron chi connectivity index (χ1n) is 9.05. The molecule has 1 aromatic carbocycles. The number of aromatic nitrogens is 1. The molecule has 9 heteroatoms. The van der Waals surface area contributed by atoms with Crippen LogP contribution < -0.4 is 4.90 Å². The minimum Gasteiger partial charge on any atom is -0.315 e. The maximum atomic E-state index is 13.3. The average molecular weight is 436 g/mol. The summed E-state index contributed by atoms with van der Waals surface area (Å²) in [5.74, 6) is -0.382. The van der Waals surface area contributed by atoms with Gasteiger partial charge in [-0.15, -0.1) is 11.8 Å². The number of thioether (sulfide) groups is 1. The van der Waals surface area contributed by atoms with Crippen LogP contribution in [0.5, 0.6) is 0 Å². The second-order valence-electron chi connectivity index (χ2n) is 6.64. The van der Waals surface area contributed by atoms with Crippen molar-refractivity contribution in [1.29, 1.82) is 10.5 Å². The van der Waals surface area contributed by atoms with Gasteiger partial charge in [0.2, 0.25) is 0 Å². The number of urea groups is 1. The van der Waals surface area contributed by atoms with Gasteiger partial charge in [0.25, 0.3) is 5.91 Å². The van der Waals surface area contributed by atoms with Gasteiger partial charge in [-0.05, 0) is 18.2 Å². The van der Waals surface area contributed by atoms with Crippen LogP contribution in [0.3, 0.4) is 0 Å². The van der Waals surface area contributed by atoms with Crippen molar-refractivity contribution in [3.05, 3.63) is 65.0 Å². The normalized spacial score (nSPS) is 20.4. The minimum absolute atomic E-state index is 0.132. The molecule has 30 heavy (non-hydrogen) atoms. The van der Waals surface area contributed by atoms with Crippen LogP contribution in [0.4, 0.5) is 10.5 Å². The van der Waals surface area contributed by atoms with E-state index in [4.69, 9.17) is 16.9 Å². The van der Waals surface area contributed by atoms with Crippen molar-refractivity contribution in [3.63, 3.8) is 0 Å². The quantitative estimate of drug-likeness (QED) is 0.723. The summed E-state index contributed by atoms with van der Waals surface area (Å²) in [7, 11) is 0. The van der Waals surface area contributed by atoms with Crippen LogP contribution in [-0.4, -0.2) is 39.7 Å². The number of amides is 3. The summed E-state index contributed by atoms with van der Waals surface area (Å²) in [6, 6.07) is 11.8. The standard InChI is InChI=1S/C21H14ClN5O2S/c22-14-8-15(12-25-11-14)27-20(28)19-17(26(21(27)29)7-3-6-23)9-18(30-19)16-5-2-1-4-13(16)10-24/h1-2,4-5,8-9,11-12,17,19H,3,7H2. The third-order valence-corrected chi connectivity index (χ3v) is 6.42. The molecule has 2 aliphatic heterocycles. The van der Waals surface area contributed by atoms with Crippen molar-refractivity contribution >= 4 is 45.9 Å². The molecule has 2 aromatic rings. The van der Waals surface area contributed by atoms with Gasteiger partial charge in [-0.3, -0.25) is 9.78 Å². The first kappa shape index (κ1) is 20.0. The minimum atomic E-state index is -0.595. The van der Waals surface area contributed by atoms with E-state index in [9.17, 15) is 14.9 Å². The van der Waals surface area contributed by atoms with E-state index in [0.717, 1.165) is 15.4 Å². The maximum absolute atomic E-state index is 13.3. The molecule has 4 rings (SSSR count). The molecule has 148 valence electrons. The third-order valence-electron chi connectivity index (χ3n) is 4.87. The number of carbonyl (C=O) groups excluding carboxylic acids is 2. The number of nitrogens with zero attached hydrogens (tertiary/aromatic N) is 5. The summed E-state index contributed by atoms with van der Waals surface area (Å²) in [4.78, 5) is 33.9. The molecule has 0 aliphatic carbocycles. The second kappa shape index (κ2) is 8.19. The summed E-state index contributed by atoms with van der Waals surface area (Å²) in [5, 5.41) is 18.2. The lowest BCUT2D eigenvalue weighted by molar-refractivity contribution is -0.119. The summed E-state index contributed by atoms with van der Waals surface area (Å²) in [5.41, 5.74) is 1.49. The van der Waals surface area contributed by atoms with Gasteiger partial charge in [-0.1, -0.05) is 29.8 Å². The van der Waals surface area contributed by atoms with E-state index in [-0.39, 0.29) is 24.6 Å². The molecule has 7 nitrogen and oxygen atoms in total. The zero-order valence-corrected chi connectivity index (χ0v) is 17.1. The Labute approximate surface area is 182 Å². The van der Waals surface area contributed by atoms with Gasteiger partial charge in [0.15, 0.2) is 0 Å². The number of hydrogen-bond acceptors (Lipinski definition) is 6. The van der Waals surface area contributed by atoms with E-state index in [1.807, 2.05) is 18.2 Å². The predicted octanol–water partition coefficient (Wildman–Crippen LogP) is 3.81. The molecule has 0 spiro atoms. The van der Waals surface area contributed by atoms with Crippen molar-refractivity contribution in [2.75, 3.05) is 11.4 Å². The van der Waals surface area contributed by atoms with Gasteiger partial charge in [-0.25, -0.2) is 9.69 Å². The number of nitriles is 2. The topological polar surface area (TPSA) is 101 Å². The van der Waals surface area contributed by atoms with Crippen LogP contribution in [0.25, 0.3) is 4.91 Å². The van der Waals surface area contributed by atoms with Gasteiger partial charge in [0, 0.05) is 23.2 Å². The number of hydrogen-bond donors (Lipinski definition) is 0. The van der Waals surface area contributed by atoms with Crippen LogP contribution in [0, 0.1) is 22.7 Å². The highest BCUT2D eigenvalue weighted by molar-refractivity contribution is 8.09. The Morgan fingerprint density at radius 2 is 2.00 bits per heavy atom. The summed E-state index contributed by atoms with van der Waals surface area (Å²) in [6.07, 6.45) is 4.80. The number of rotatable bonds is 4. The van der Waals surface area contributed by atoms with Crippen molar-refractivity contribution in [1.82, 2.24) is 9.88 Å². The summed E-state index contributed by atoms with van der Waals surface area (Å²) >= 11 is 7.33. The lowest BCUT2D eigenvalue weighted by Gasteiger charge is -2.40. The van der Waals surface area contributed by atoms with Gasteiger partial charge in [0.1, 0.15) is 5.25 Å². The number of fused-ring (bicyclic) bond motifs is 1. The SMILES string of the molecule is N#CCCN1C(=O)N(c2cncc(Cl)c2)C(=O)C2SC(c3ccccc3C#N)=CC21. The highest BCUT2D eigenvalue weighted by Crippen LogP contribution is 2.45. The fourth-order valence-electron chi connectivity index (χ4n) is 3.54. The van der Waals surface area contributed by atoms with Gasteiger partial charge in [0.05, 0.1) is 47.1 Å². The Morgan fingerprint density at radius 3 is 2.73 bits per heavy atom. The molecule has 0 radical (unpaired) electrons. The molecule has 2 atom stereocenters. The fourth-order valence-corrected chi connectivity index (χ4v) is 5.08. The van der Waals surface area contributed by atoms with Gasteiger partial charge < -0.3 is 4.90 Å². The number of carbonyl (C=O) groups is 2. The zero-order valence-electron chi connectivity index (χ0n) is 15.5. The molecular weight excluding hydrogens is 422 g/mol. The Hall–Kier alpha value is -3.33. The van der Waals surface area contributed by atoms with E-state index in [2.05, 4.69) is 17.1 Å². The van der Waals surface area contributed by atoms with E-state index < -0.39 is 17.3 Å². The van der Waals surface area contributed by atoms with Crippen LogP contribution in [0.15, 0.2) is 48.8 Å². The number of halogens is 1. The summed E-state index contributed by atoms with van der Waals surface area (Å²) in [6.45, 7) is 0.179. The van der Waals surface area contributed by atoms with Gasteiger partial charge >= 0.3 is 6.03 Å². The van der Waals surface area contributed by atoms with E-state index >= 15 is 0 Å². The number of pyridine rings is 1. The maximum Gasteiger partial charge on any atom is 0.332 e. The predicted molar refractivity (Wildman–Crippen MR) is 113 cm³/mol. The van der Waals surface area contributed by atoms with Crippen LogP contribution in [0.1, 0.15) is 17.5 Å². The fraction of sp³-hybridized carbons (Fsp3) is 0.190. The van der Waals surface area contributed by atoms with Crippen molar-refractivity contribution in [3.8, 4) is 12.1 Å². The molecule has 1 aromatic heterocycles. The molecule has 3 amide bonds. The van der Waals surface area contributed by atoms with Crippen LogP contribution in [0.2, 0.25) is 5.02 Å². The first-order chi connectivity index (χ1) is 14.5. The Balaban J connectivity index is 1.75. The number of benzene rings is 1. The number of imide groups is 1. The Kier molecular flexibility index (Phi) is 5.45. The lowest BCUT2D eigenvalue weighted by Crippen LogP contribution is -2.62. The van der Waals surface area contributed by atoms with E-state index in [0.29, 0.717) is 10.6 Å². The highest BCUT2D eigenvalue weighted by atomic mass is 35.5. The number of anilines is 1. The van der Waals surface area contributed by atoms with Crippen LogP contribution >= 0.6 is 23.4 Å². The third kappa shape index (κ3) is 3.41. The largest absolute Gasteiger partial charge is 0.332 e. The van der Waals surface area contributed by atoms with Crippen LogP contribution in [-0.2, 0) is 4.79 Å². The van der Waals surface area contributed by atoms with Gasteiger partial charge in [-0.2, -0.15) is 10.5 Å². The highest BCUT2D eigenvalue weighted by Gasteiger charge is 2.49. The molecule has 2 unspecified atom stereocenters. The first-order valence-corrected chi connectivity index (χ1v) is 10.3. The molecule has 0 N–H and O–H groups in total. The Morgan fingerprint density at radius 1 is 1.20 bits per heavy atom. The molecule has 1 fully saturated rings. The average Bonchev–Trinajstić information content (AvgIpc) is 3.19. The van der Waals surface area contributed by atoms with E-state index in [1.54, 1.807) is 12.1 Å². The second-order valence-corrected chi connectivity index (χ2v) is 8.26. The Bertz CT molecular complexity index is 1150. The molecule has 0 bridgehead atoms. The molecule has 3 heterocycles. The molecule has 0 saturated carbocycles. The summed E-state index contributed by atoms with van der Waals surface area (Å²) < 4.78 is 0. The van der Waals surface area contributed by atoms with Crippen molar-refractivity contribution in [2.45, 2.75) is 17.7 Å². The monoisotopic (exact) mass is 435 g/mol. The van der Waals surface area contributed by atoms with Crippen molar-refractivity contribution < 1.29 is 9.59 Å². The molecule has 2 aliphatic rings. The lowest BCUT2D eigenvalue weighted by atomic mass is 10.0. The zero-order chi connectivity index (χ0) is 21.3. The molecular formula is C21H14ClN5O2S. The van der Waals surface area contributed by atoms with E-state index in [1.165, 1.54) is 35.1 Å².